The van der Waals surface area contributed by atoms with E-state index < -0.39 is 227 Å². The molecular formula is C91H138N19O30P3. The summed E-state index contributed by atoms with van der Waals surface area (Å²) in [5.41, 5.74) is 6.92. The number of hydrogen-bond donors (Lipinski definition) is 12. The number of aliphatic hydroxyl groups is 3. The summed E-state index contributed by atoms with van der Waals surface area (Å²) in [4.78, 5) is 118. The van der Waals surface area contributed by atoms with Gasteiger partial charge in [0.1, 0.15) is 101 Å². The van der Waals surface area contributed by atoms with Gasteiger partial charge in [-0.15, -0.1) is 0 Å². The van der Waals surface area contributed by atoms with Crippen molar-refractivity contribution in [1.29, 1.82) is 15.8 Å². The Hall–Kier alpha value is -10.8. The molecule has 0 amide bonds. The molecule has 792 valence electrons. The summed E-state index contributed by atoms with van der Waals surface area (Å²) in [6, 6.07) is 11.3. The van der Waals surface area contributed by atoms with Crippen molar-refractivity contribution in [1.82, 2.24) is 64.3 Å². The first-order valence-corrected chi connectivity index (χ1v) is 51.8. The number of rotatable bonds is 47. The third-order valence-electron chi connectivity index (χ3n) is 23.8. The molecule has 0 unspecified atom stereocenters. The summed E-state index contributed by atoms with van der Waals surface area (Å²) in [5.74, 6) is -7.53. The molecule has 9 heterocycles. The molecule has 15 N–H and O–H groups in total. The van der Waals surface area contributed by atoms with Gasteiger partial charge >= 0.3 is 76.7 Å². The molecule has 0 aliphatic carbocycles. The smallest absolute Gasteiger partial charge is 0.342 e. The molecule has 143 heavy (non-hydrogen) atoms. The number of anilines is 3. The Labute approximate surface area is 829 Å². The van der Waals surface area contributed by atoms with Gasteiger partial charge in [0.15, 0.2) is 24.1 Å². The summed E-state index contributed by atoms with van der Waals surface area (Å²) in [5, 5.41) is 95.8. The van der Waals surface area contributed by atoms with E-state index in [-0.39, 0.29) is 61.2 Å². The number of hydrogen-bond acceptors (Lipinski definition) is 40. The van der Waals surface area contributed by atoms with Crippen molar-refractivity contribution in [3.63, 3.8) is 0 Å². The third-order valence-corrected chi connectivity index (χ3v) is 29.7. The van der Waals surface area contributed by atoms with Gasteiger partial charge in [0, 0.05) is 19.3 Å². The lowest BCUT2D eigenvalue weighted by atomic mass is 9.80. The van der Waals surface area contributed by atoms with Crippen molar-refractivity contribution < 1.29 is 143 Å². The van der Waals surface area contributed by atoms with Gasteiger partial charge in [-0.1, -0.05) is 81.1 Å². The van der Waals surface area contributed by atoms with Crippen LogP contribution < -0.4 is 47.7 Å². The molecule has 0 bridgehead atoms. The highest BCUT2D eigenvalue weighted by atomic mass is 31.2. The van der Waals surface area contributed by atoms with Crippen molar-refractivity contribution in [3.05, 3.63) is 84.3 Å². The summed E-state index contributed by atoms with van der Waals surface area (Å²) in [6.45, 7) is 35.8. The lowest BCUT2D eigenvalue weighted by Crippen LogP contribution is -2.54. The molecule has 18 atom stereocenters. The molecule has 3 fully saturated rings. The number of carbonyl (C=O) groups is 9. The zero-order chi connectivity index (χ0) is 107. The van der Waals surface area contributed by atoms with Crippen LogP contribution in [0.5, 0.6) is 0 Å². The highest BCUT2D eigenvalue weighted by molar-refractivity contribution is 7.55. The van der Waals surface area contributed by atoms with E-state index in [0.29, 0.717) is 27.9 Å². The second-order valence-electron chi connectivity index (χ2n) is 36.4. The van der Waals surface area contributed by atoms with Gasteiger partial charge in [-0.05, 0) is 164 Å². The van der Waals surface area contributed by atoms with E-state index in [9.17, 15) is 88.0 Å². The van der Waals surface area contributed by atoms with Crippen molar-refractivity contribution in [2.45, 2.75) is 311 Å². The Morgan fingerprint density at radius 3 is 0.972 bits per heavy atom. The molecule has 0 aromatic carbocycles. The third kappa shape index (κ3) is 27.7. The molecule has 0 saturated carbocycles. The van der Waals surface area contributed by atoms with Gasteiger partial charge in [0.05, 0.1) is 110 Å². The zero-order valence-corrected chi connectivity index (χ0v) is 87.6. The van der Waals surface area contributed by atoms with Crippen molar-refractivity contribution in [2.24, 2.45) is 23.7 Å². The lowest BCUT2D eigenvalue weighted by Gasteiger charge is -2.34. The van der Waals surface area contributed by atoms with Gasteiger partial charge < -0.3 is 103 Å². The van der Waals surface area contributed by atoms with Gasteiger partial charge in [-0.25, -0.2) is 49.1 Å². The van der Waals surface area contributed by atoms with E-state index in [4.69, 9.17) is 87.6 Å². The maximum atomic E-state index is 14.6. The first-order chi connectivity index (χ1) is 66.9. The molecule has 3 aliphatic rings. The Morgan fingerprint density at radius 1 is 0.420 bits per heavy atom. The number of nitriles is 3. The molecule has 49 nitrogen and oxygen atoms in total. The van der Waals surface area contributed by atoms with Crippen molar-refractivity contribution >= 4 is 110 Å². The lowest BCUT2D eigenvalue weighted by molar-refractivity contribution is -0.168. The number of nitrogen functional groups attached to an aromatic ring is 3. The number of aromatic nitrogens is 7. The first-order valence-electron chi connectivity index (χ1n) is 46.9. The fraction of sp³-hybridized carbons (Fsp3) is 0.648. The van der Waals surface area contributed by atoms with Gasteiger partial charge in [-0.3, -0.25) is 56.8 Å². The molecular weight excluding hydrogens is 1930 g/mol. The average molecular weight is 2070 g/mol. The highest BCUT2D eigenvalue weighted by Gasteiger charge is 2.71. The quantitative estimate of drug-likeness (QED) is 0.0103. The Morgan fingerprint density at radius 2 is 0.699 bits per heavy atom. The predicted molar refractivity (Wildman–Crippen MR) is 512 cm³/mol. The summed E-state index contributed by atoms with van der Waals surface area (Å²) in [6.07, 6.45) is -2.63. The first kappa shape index (κ1) is 119. The van der Waals surface area contributed by atoms with Crippen LogP contribution in [0.1, 0.15) is 209 Å². The maximum Gasteiger partial charge on any atom is 0.342 e. The van der Waals surface area contributed by atoms with Crippen LogP contribution >= 0.6 is 23.0 Å². The minimum absolute atomic E-state index is 0.0403. The molecule has 9 rings (SSSR count). The summed E-state index contributed by atoms with van der Waals surface area (Å²) in [7, 11) is -13.1. The number of fused-ring (bicyclic) bond motifs is 3. The highest BCUT2D eigenvalue weighted by Crippen LogP contribution is 2.55. The summed E-state index contributed by atoms with van der Waals surface area (Å²) >= 11 is 0. The number of carbonyl (C=O) groups excluding carboxylic acids is 9. The maximum absolute atomic E-state index is 14.6. The molecule has 0 radical (unpaired) electrons. The van der Waals surface area contributed by atoms with Crippen LogP contribution in [0, 0.1) is 57.7 Å². The van der Waals surface area contributed by atoms with Crippen LogP contribution in [0.3, 0.4) is 0 Å². The fourth-order valence-electron chi connectivity index (χ4n) is 15.5. The molecule has 0 spiro atoms. The molecule has 3 aliphatic heterocycles. The number of nitrogens with two attached hydrogens (primary N) is 3. The Bertz CT molecular complexity index is 5630. The minimum Gasteiger partial charge on any atom is -0.465 e. The average Bonchev–Trinajstić information content (AvgIpc) is 1.57. The number of nitrogens with zero attached hydrogens (tertiary/aromatic N) is 10. The zero-order valence-electron chi connectivity index (χ0n) is 84.9. The van der Waals surface area contributed by atoms with Gasteiger partial charge in [-0.2, -0.15) is 31.1 Å². The van der Waals surface area contributed by atoms with Crippen molar-refractivity contribution in [2.75, 3.05) is 63.4 Å². The predicted octanol–water partition coefficient (Wildman–Crippen LogP) is 7.05. The number of esters is 9. The van der Waals surface area contributed by atoms with Crippen LogP contribution in [0.25, 0.3) is 16.6 Å². The van der Waals surface area contributed by atoms with Gasteiger partial charge in [0.2, 0.25) is 16.8 Å². The van der Waals surface area contributed by atoms with E-state index in [0.717, 1.165) is 38.9 Å². The second kappa shape index (κ2) is 50.3. The van der Waals surface area contributed by atoms with Crippen LogP contribution in [0.2, 0.25) is 0 Å². The van der Waals surface area contributed by atoms with Crippen LogP contribution in [-0.2, 0) is 144 Å². The van der Waals surface area contributed by atoms with E-state index in [2.05, 4.69) is 56.9 Å². The standard InChI is InChI=1S/C36H57N6O10P.C28H41N6O10P.C27H40N7O10P/c1-10-25(11-2)18-48-33(44)23(7)40-53(47,41-24(8)34(45)49-19-26(12-3)13-4)50-20-29-31(51-32(43)22(5)6)35(9,46)36(21-37,52-29)30-15-14-28-27(38)16-17-39-42(28)30;1-15(2)41-25(36)17(5)32-45(39,33-18(6)26(37)42-16(3)4)40-13-22-24(43-19(7)35)27(8,38)28(14-29,44-22)23-10-9-21-20(30)11-12-31-34(21)23;1-8-40-24(36)16(5)32-45(39,33-17(6)25(37)41-9-2)42-12-19-21(43-23(35)15(3)4)26(7,38)27(13-28,44-19)20-11-10-18-22(29)30-14-31-34(18)20/h14-17,22-26,29,31,46H,10-13,18-20,38H2,1-9H3,(H2,40,41,47);9-12,15-18,22,24,38H,13,30H2,1-8H3,(H2,32,33,39);10-11,14-17,19,21,38H,8-9,12H2,1-7H3,(H2,29,30,31)(H2,32,33,39)/t23-,24-,29+,31+,35+,36-;17-,18-,22+,24+,27+,28-;16-,17-,19+,21+,26+,27-/m000/s1. The van der Waals surface area contributed by atoms with Crippen LogP contribution in [-0.4, -0.2) is 251 Å². The molecule has 6 aromatic rings. The van der Waals surface area contributed by atoms with E-state index in [1.54, 1.807) is 93.5 Å². The normalized spacial score (nSPS) is 24.0. The van der Waals surface area contributed by atoms with E-state index in [1.807, 2.05) is 39.8 Å². The number of nitrogens with one attached hydrogen (secondary N) is 6. The van der Waals surface area contributed by atoms with Gasteiger partial charge in [0.25, 0.3) is 0 Å². The monoisotopic (exact) mass is 2070 g/mol. The molecule has 3 saturated heterocycles. The van der Waals surface area contributed by atoms with Crippen LogP contribution in [0.4, 0.5) is 17.2 Å². The molecule has 6 aromatic heterocycles. The van der Waals surface area contributed by atoms with E-state index in [1.165, 1.54) is 113 Å². The largest absolute Gasteiger partial charge is 0.465 e. The fourth-order valence-corrected chi connectivity index (χ4v) is 21.0. The second-order valence-corrected chi connectivity index (χ2v) is 42.0. The summed E-state index contributed by atoms with van der Waals surface area (Å²) < 4.78 is 131. The minimum atomic E-state index is -4.41. The topological polar surface area (TPSA) is 690 Å². The number of ether oxygens (including phenoxy) is 12. The van der Waals surface area contributed by atoms with Crippen molar-refractivity contribution in [3.8, 4) is 18.2 Å². The molecule has 52 heteroatoms. The SMILES string of the molecule is CC(=O)O[C@@H]1[C@@H](COP(=O)(N[C@@H](C)C(=O)OC(C)C)N[C@@H](C)C(=O)OC(C)C)O[C@@](C#N)(c2ccc3c(N)ccnn23)[C@]1(C)O.CCC(CC)COC(=O)[C@H](C)NP(=O)(N[C@@H](C)C(=O)OCC(CC)CC)OC[C@H]1O[C@@](C#N)(c2ccc3c(N)ccnn23)[C@](C)(O)[C@@H]1OC(=O)C(C)C.CCOC(=O)[C@H](C)NP(=O)(N[C@@H](C)C(=O)OCC)OC[C@H]1O[C@@](C#N)(c2ccc3c(N)ncnn23)[C@](C)(O)[C@@H]1OC(=O)C(C)C. The Balaban J connectivity index is 0.000000292. The van der Waals surface area contributed by atoms with E-state index >= 15 is 0 Å². The Kier molecular flexibility index (Phi) is 41.9. The van der Waals surface area contributed by atoms with Crippen LogP contribution in [0.15, 0.2) is 67.3 Å².